The Morgan fingerprint density at radius 2 is 1.19 bits per heavy atom. The molecule has 0 bridgehead atoms. The molecule has 2 atom stereocenters. The van der Waals surface area contributed by atoms with E-state index in [4.69, 9.17) is 9.47 Å². The Labute approximate surface area is 181 Å². The second-order valence-electron chi connectivity index (χ2n) is 7.87. The maximum atomic E-state index is 14.3. The molecule has 0 aliphatic rings. The van der Waals surface area contributed by atoms with Gasteiger partial charge in [-0.25, -0.2) is 22.0 Å². The Hall–Kier alpha value is -1.25. The first-order valence-corrected chi connectivity index (χ1v) is 11.2. The van der Waals surface area contributed by atoms with Crippen LogP contribution >= 0.6 is 0 Å². The summed E-state index contributed by atoms with van der Waals surface area (Å²) in [4.78, 5) is 0. The van der Waals surface area contributed by atoms with Crippen molar-refractivity contribution in [2.45, 2.75) is 91.0 Å². The van der Waals surface area contributed by atoms with Crippen LogP contribution in [0.15, 0.2) is 0 Å². The van der Waals surface area contributed by atoms with E-state index in [1.807, 2.05) is 0 Å². The fraction of sp³-hybridized carbons (Fsp3) is 0.739. The molecule has 180 valence electrons. The van der Waals surface area contributed by atoms with Gasteiger partial charge in [-0.2, -0.15) is 0 Å². The number of hydrogen-bond donors (Lipinski definition) is 1. The van der Waals surface area contributed by atoms with Crippen molar-refractivity contribution in [3.05, 3.63) is 34.6 Å². The fourth-order valence-corrected chi connectivity index (χ4v) is 3.91. The van der Waals surface area contributed by atoms with Gasteiger partial charge in [-0.15, -0.1) is 0 Å². The second kappa shape index (κ2) is 13.3. The minimum Gasteiger partial charge on any atom is -0.343 e. The first kappa shape index (κ1) is 27.8. The van der Waals surface area contributed by atoms with Gasteiger partial charge < -0.3 is 14.6 Å². The highest BCUT2D eigenvalue weighted by Crippen LogP contribution is 2.38. The molecule has 1 N–H and O–H groups in total. The van der Waals surface area contributed by atoms with Gasteiger partial charge in [0.15, 0.2) is 23.3 Å². The molecule has 0 amide bonds. The molecule has 0 aliphatic carbocycles. The molecule has 1 rings (SSSR count). The molecular weight excluding hydrogens is 419 g/mol. The molecule has 3 nitrogen and oxygen atoms in total. The molecule has 0 saturated heterocycles. The summed E-state index contributed by atoms with van der Waals surface area (Å²) in [5, 5.41) is 11.0. The Balaban J connectivity index is 3.11. The third-order valence-electron chi connectivity index (χ3n) is 5.50. The highest BCUT2D eigenvalue weighted by molar-refractivity contribution is 5.27. The van der Waals surface area contributed by atoms with Gasteiger partial charge in [0.1, 0.15) is 0 Å². The van der Waals surface area contributed by atoms with E-state index in [1.54, 1.807) is 13.8 Å². The van der Waals surface area contributed by atoms with Crippen LogP contribution < -0.4 is 0 Å². The molecule has 0 radical (unpaired) electrons. The van der Waals surface area contributed by atoms with Crippen molar-refractivity contribution in [3.63, 3.8) is 0 Å². The lowest BCUT2D eigenvalue weighted by atomic mass is 9.84. The average molecular weight is 455 g/mol. The summed E-state index contributed by atoms with van der Waals surface area (Å²) in [6, 6.07) is 0. The smallest absolute Gasteiger partial charge is 0.283 e. The van der Waals surface area contributed by atoms with E-state index in [2.05, 4.69) is 6.92 Å². The lowest BCUT2D eigenvalue weighted by Gasteiger charge is -2.36. The summed E-state index contributed by atoms with van der Waals surface area (Å²) in [5.41, 5.74) is -0.889. The topological polar surface area (TPSA) is 38.7 Å². The van der Waals surface area contributed by atoms with Crippen LogP contribution in [0.4, 0.5) is 22.0 Å². The second-order valence-corrected chi connectivity index (χ2v) is 7.87. The maximum absolute atomic E-state index is 14.3. The minimum atomic E-state index is -2.19. The summed E-state index contributed by atoms with van der Waals surface area (Å²) >= 11 is 0. The molecular formula is C23H35F5O3. The number of benzene rings is 1. The predicted octanol–water partition coefficient (Wildman–Crippen LogP) is 6.96. The Morgan fingerprint density at radius 1 is 0.742 bits per heavy atom. The van der Waals surface area contributed by atoms with Gasteiger partial charge in [0, 0.05) is 24.7 Å². The Bertz CT molecular complexity index is 649. The van der Waals surface area contributed by atoms with Crippen LogP contribution in [0.5, 0.6) is 0 Å². The molecule has 31 heavy (non-hydrogen) atoms. The summed E-state index contributed by atoms with van der Waals surface area (Å²) in [6.07, 6.45) is 6.27. The molecule has 0 aromatic heterocycles. The lowest BCUT2D eigenvalue weighted by molar-refractivity contribution is -0.385. The molecule has 0 spiro atoms. The van der Waals surface area contributed by atoms with Crippen LogP contribution in [0, 0.1) is 35.0 Å². The maximum Gasteiger partial charge on any atom is 0.283 e. The van der Waals surface area contributed by atoms with Crippen molar-refractivity contribution in [2.24, 2.45) is 5.92 Å². The summed E-state index contributed by atoms with van der Waals surface area (Å²) in [7, 11) is 0. The fourth-order valence-electron chi connectivity index (χ4n) is 3.91. The van der Waals surface area contributed by atoms with Crippen LogP contribution in [0.25, 0.3) is 0 Å². The zero-order valence-corrected chi connectivity index (χ0v) is 18.9. The largest absolute Gasteiger partial charge is 0.343 e. The molecule has 1 aromatic rings. The van der Waals surface area contributed by atoms with Crippen LogP contribution in [0.3, 0.4) is 0 Å². The normalized spacial score (nSPS) is 14.1. The van der Waals surface area contributed by atoms with Crippen LogP contribution in [-0.4, -0.2) is 24.3 Å². The third-order valence-corrected chi connectivity index (χ3v) is 5.50. The SMILES string of the molecule is CCCCCCCCC(CC(C)c1c(F)c(F)c(F)c(F)c1F)C(O)(OCC)OCC. The van der Waals surface area contributed by atoms with Crippen molar-refractivity contribution in [2.75, 3.05) is 13.2 Å². The van der Waals surface area contributed by atoms with E-state index in [0.717, 1.165) is 32.1 Å². The average Bonchev–Trinajstić information content (AvgIpc) is 2.72. The number of rotatable bonds is 15. The minimum absolute atomic E-state index is 0.0796. The van der Waals surface area contributed by atoms with Gasteiger partial charge in [0.05, 0.1) is 0 Å². The van der Waals surface area contributed by atoms with Gasteiger partial charge in [0.2, 0.25) is 5.82 Å². The summed E-state index contributed by atoms with van der Waals surface area (Å²) in [5.74, 6) is -13.6. The Kier molecular flexibility index (Phi) is 11.9. The number of halogens is 5. The van der Waals surface area contributed by atoms with Crippen LogP contribution in [0.2, 0.25) is 0 Å². The van der Waals surface area contributed by atoms with Gasteiger partial charge in [0.25, 0.3) is 5.97 Å². The molecule has 8 heteroatoms. The van der Waals surface area contributed by atoms with Gasteiger partial charge in [-0.3, -0.25) is 0 Å². The first-order valence-electron chi connectivity index (χ1n) is 11.2. The molecule has 0 heterocycles. The number of ether oxygens (including phenoxy) is 2. The van der Waals surface area contributed by atoms with Crippen molar-refractivity contribution in [1.82, 2.24) is 0 Å². The van der Waals surface area contributed by atoms with E-state index in [0.29, 0.717) is 12.8 Å². The Morgan fingerprint density at radius 3 is 1.68 bits per heavy atom. The van der Waals surface area contributed by atoms with E-state index in [-0.39, 0.29) is 19.6 Å². The summed E-state index contributed by atoms with van der Waals surface area (Å²) < 4.78 is 80.1. The van der Waals surface area contributed by atoms with E-state index >= 15 is 0 Å². The van der Waals surface area contributed by atoms with Gasteiger partial charge in [-0.1, -0.05) is 52.4 Å². The van der Waals surface area contributed by atoms with Crippen molar-refractivity contribution in [1.29, 1.82) is 0 Å². The van der Waals surface area contributed by atoms with Crippen LogP contribution in [-0.2, 0) is 9.47 Å². The van der Waals surface area contributed by atoms with Crippen molar-refractivity contribution in [3.8, 4) is 0 Å². The zero-order chi connectivity index (χ0) is 23.6. The monoisotopic (exact) mass is 454 g/mol. The quantitative estimate of drug-likeness (QED) is 0.102. The van der Waals surface area contributed by atoms with E-state index < -0.39 is 52.5 Å². The third kappa shape index (κ3) is 7.39. The van der Waals surface area contributed by atoms with E-state index in [9.17, 15) is 27.1 Å². The van der Waals surface area contributed by atoms with Gasteiger partial charge in [-0.05, 0) is 32.6 Å². The standard InChI is InChI=1S/C23H35F5O3/c1-5-8-9-10-11-12-13-16(23(29,30-6-2)31-7-3)14-15(4)17-18(24)20(26)22(28)21(27)19(17)25/h15-16,29H,5-14H2,1-4H3. The zero-order valence-electron chi connectivity index (χ0n) is 18.9. The highest BCUT2D eigenvalue weighted by Gasteiger charge is 2.40. The molecule has 1 aromatic carbocycles. The lowest BCUT2D eigenvalue weighted by Crippen LogP contribution is -2.44. The molecule has 2 unspecified atom stereocenters. The molecule has 0 aliphatic heterocycles. The molecule has 0 saturated carbocycles. The predicted molar refractivity (Wildman–Crippen MR) is 109 cm³/mol. The van der Waals surface area contributed by atoms with Crippen molar-refractivity contribution >= 4 is 0 Å². The summed E-state index contributed by atoms with van der Waals surface area (Å²) in [6.45, 7) is 7.06. The van der Waals surface area contributed by atoms with Gasteiger partial charge >= 0.3 is 0 Å². The number of hydrogen-bond acceptors (Lipinski definition) is 3. The number of aliphatic hydroxyl groups is 1. The van der Waals surface area contributed by atoms with E-state index in [1.165, 1.54) is 6.92 Å². The first-order chi connectivity index (χ1) is 14.6. The highest BCUT2D eigenvalue weighted by atomic mass is 19.2. The number of unbranched alkanes of at least 4 members (excludes halogenated alkanes) is 5. The van der Waals surface area contributed by atoms with Crippen molar-refractivity contribution < 1.29 is 36.5 Å². The molecule has 0 fully saturated rings. The van der Waals surface area contributed by atoms with Crippen LogP contribution in [0.1, 0.15) is 90.5 Å².